The van der Waals surface area contributed by atoms with E-state index in [2.05, 4.69) is 6.92 Å². The summed E-state index contributed by atoms with van der Waals surface area (Å²) in [5, 5.41) is 0. The van der Waals surface area contributed by atoms with Crippen molar-refractivity contribution < 1.29 is 9.53 Å². The van der Waals surface area contributed by atoms with E-state index < -0.39 is 0 Å². The predicted molar refractivity (Wildman–Crippen MR) is 52.5 cm³/mol. The minimum Gasteiger partial charge on any atom is -0.365 e. The highest BCUT2D eigenvalue weighted by atomic mass is 16.6. The largest absolute Gasteiger partial charge is 0.365 e. The molecule has 0 amide bonds. The first-order valence-electron chi connectivity index (χ1n) is 4.82. The van der Waals surface area contributed by atoms with Crippen LogP contribution in [-0.4, -0.2) is 18.5 Å². The molecule has 0 bridgehead atoms. The number of aldehydes is 1. The SMILES string of the molecule is CCCC[C@@H]1O[C@H]1C=CC=CC=O. The average molecular weight is 180 g/mol. The maximum absolute atomic E-state index is 9.92. The Morgan fingerprint density at radius 1 is 1.31 bits per heavy atom. The van der Waals surface area contributed by atoms with E-state index in [1.54, 1.807) is 6.08 Å². The van der Waals surface area contributed by atoms with Crippen LogP contribution in [0, 0.1) is 0 Å². The number of carbonyl (C=O) groups is 1. The van der Waals surface area contributed by atoms with Crippen molar-refractivity contribution in [2.24, 2.45) is 0 Å². The summed E-state index contributed by atoms with van der Waals surface area (Å²) in [6.45, 7) is 2.18. The van der Waals surface area contributed by atoms with Crippen molar-refractivity contribution in [1.82, 2.24) is 0 Å². The van der Waals surface area contributed by atoms with E-state index in [4.69, 9.17) is 4.74 Å². The van der Waals surface area contributed by atoms with Crippen LogP contribution >= 0.6 is 0 Å². The highest BCUT2D eigenvalue weighted by molar-refractivity contribution is 5.65. The predicted octanol–water partition coefficient (Wildman–Crippen LogP) is 2.26. The van der Waals surface area contributed by atoms with Crippen molar-refractivity contribution in [3.05, 3.63) is 24.3 Å². The van der Waals surface area contributed by atoms with Crippen LogP contribution in [-0.2, 0) is 9.53 Å². The molecular weight excluding hydrogens is 164 g/mol. The van der Waals surface area contributed by atoms with Gasteiger partial charge in [-0.3, -0.25) is 4.79 Å². The lowest BCUT2D eigenvalue weighted by Gasteiger charge is -1.88. The first kappa shape index (κ1) is 10.2. The van der Waals surface area contributed by atoms with Crippen molar-refractivity contribution in [2.75, 3.05) is 0 Å². The zero-order valence-corrected chi connectivity index (χ0v) is 7.98. The average Bonchev–Trinajstić information content (AvgIpc) is 2.88. The molecule has 0 aromatic rings. The molecule has 72 valence electrons. The van der Waals surface area contributed by atoms with E-state index in [1.165, 1.54) is 18.9 Å². The van der Waals surface area contributed by atoms with Crippen LogP contribution in [0.15, 0.2) is 24.3 Å². The Kier molecular flexibility index (Phi) is 4.47. The lowest BCUT2D eigenvalue weighted by atomic mass is 10.1. The number of allylic oxidation sites excluding steroid dienone is 3. The van der Waals surface area contributed by atoms with E-state index in [-0.39, 0.29) is 0 Å². The molecule has 1 saturated heterocycles. The molecule has 1 rings (SSSR count). The third kappa shape index (κ3) is 4.04. The Morgan fingerprint density at radius 3 is 2.85 bits per heavy atom. The normalized spacial score (nSPS) is 27.2. The van der Waals surface area contributed by atoms with Crippen molar-refractivity contribution in [3.8, 4) is 0 Å². The zero-order chi connectivity index (χ0) is 9.52. The summed E-state index contributed by atoms with van der Waals surface area (Å²) in [5.74, 6) is 0. The van der Waals surface area contributed by atoms with Crippen LogP contribution in [0.25, 0.3) is 0 Å². The van der Waals surface area contributed by atoms with Gasteiger partial charge in [-0.25, -0.2) is 0 Å². The summed E-state index contributed by atoms with van der Waals surface area (Å²) in [4.78, 5) is 9.92. The number of carbonyl (C=O) groups excluding carboxylic acids is 1. The molecule has 0 aromatic carbocycles. The fourth-order valence-corrected chi connectivity index (χ4v) is 1.25. The Hall–Kier alpha value is -0.890. The summed E-state index contributed by atoms with van der Waals surface area (Å²) in [7, 11) is 0. The zero-order valence-electron chi connectivity index (χ0n) is 7.98. The van der Waals surface area contributed by atoms with Crippen molar-refractivity contribution in [1.29, 1.82) is 0 Å². The minimum atomic E-state index is 0.294. The van der Waals surface area contributed by atoms with Gasteiger partial charge in [0, 0.05) is 0 Å². The highest BCUT2D eigenvalue weighted by Gasteiger charge is 2.34. The number of unbranched alkanes of at least 4 members (excludes halogenated alkanes) is 1. The Labute approximate surface area is 79.3 Å². The van der Waals surface area contributed by atoms with Gasteiger partial charge in [0.2, 0.25) is 0 Å². The molecule has 13 heavy (non-hydrogen) atoms. The van der Waals surface area contributed by atoms with Crippen LogP contribution in [0.2, 0.25) is 0 Å². The topological polar surface area (TPSA) is 29.6 Å². The quantitative estimate of drug-likeness (QED) is 0.271. The van der Waals surface area contributed by atoms with Crippen LogP contribution in [0.5, 0.6) is 0 Å². The van der Waals surface area contributed by atoms with Crippen molar-refractivity contribution in [2.45, 2.75) is 38.4 Å². The lowest BCUT2D eigenvalue weighted by Crippen LogP contribution is -1.89. The number of hydrogen-bond acceptors (Lipinski definition) is 2. The maximum Gasteiger partial charge on any atom is 0.142 e. The summed E-state index contributed by atoms with van der Waals surface area (Å²) in [6.07, 6.45) is 12.2. The fraction of sp³-hybridized carbons (Fsp3) is 0.545. The van der Waals surface area contributed by atoms with E-state index in [1.807, 2.05) is 12.2 Å². The third-order valence-corrected chi connectivity index (χ3v) is 2.07. The van der Waals surface area contributed by atoms with Gasteiger partial charge in [-0.1, -0.05) is 38.0 Å². The van der Waals surface area contributed by atoms with E-state index in [0.717, 1.165) is 12.7 Å². The second-order valence-electron chi connectivity index (χ2n) is 3.19. The van der Waals surface area contributed by atoms with Crippen LogP contribution in [0.4, 0.5) is 0 Å². The molecule has 0 N–H and O–H groups in total. The number of epoxide rings is 1. The van der Waals surface area contributed by atoms with Gasteiger partial charge in [0.25, 0.3) is 0 Å². The molecular formula is C11H16O2. The third-order valence-electron chi connectivity index (χ3n) is 2.07. The first-order chi connectivity index (χ1) is 6.38. The van der Waals surface area contributed by atoms with Gasteiger partial charge in [-0.2, -0.15) is 0 Å². The fourth-order valence-electron chi connectivity index (χ4n) is 1.25. The molecule has 1 aliphatic rings. The second-order valence-corrected chi connectivity index (χ2v) is 3.19. The number of ether oxygens (including phenoxy) is 1. The van der Waals surface area contributed by atoms with Crippen molar-refractivity contribution in [3.63, 3.8) is 0 Å². The van der Waals surface area contributed by atoms with Gasteiger partial charge in [-0.15, -0.1) is 0 Å². The molecule has 0 spiro atoms. The van der Waals surface area contributed by atoms with Crippen LogP contribution in [0.1, 0.15) is 26.2 Å². The van der Waals surface area contributed by atoms with Gasteiger partial charge in [-0.05, 0) is 12.5 Å². The van der Waals surface area contributed by atoms with E-state index in [0.29, 0.717) is 12.2 Å². The highest BCUT2D eigenvalue weighted by Crippen LogP contribution is 2.27. The molecule has 1 fully saturated rings. The van der Waals surface area contributed by atoms with Gasteiger partial charge < -0.3 is 4.74 Å². The van der Waals surface area contributed by atoms with Crippen LogP contribution < -0.4 is 0 Å². The summed E-state index contributed by atoms with van der Waals surface area (Å²) >= 11 is 0. The van der Waals surface area contributed by atoms with Gasteiger partial charge in [0.1, 0.15) is 12.4 Å². The lowest BCUT2D eigenvalue weighted by molar-refractivity contribution is -0.104. The molecule has 0 aliphatic carbocycles. The van der Waals surface area contributed by atoms with Gasteiger partial charge >= 0.3 is 0 Å². The molecule has 2 heteroatoms. The van der Waals surface area contributed by atoms with Gasteiger partial charge in [0.05, 0.1) is 6.10 Å². The van der Waals surface area contributed by atoms with E-state index >= 15 is 0 Å². The smallest absolute Gasteiger partial charge is 0.142 e. The van der Waals surface area contributed by atoms with Gasteiger partial charge in [0.15, 0.2) is 0 Å². The molecule has 0 radical (unpaired) electrons. The number of rotatable bonds is 6. The van der Waals surface area contributed by atoms with Crippen molar-refractivity contribution >= 4 is 6.29 Å². The maximum atomic E-state index is 9.92. The molecule has 1 heterocycles. The minimum absolute atomic E-state index is 0.294. The van der Waals surface area contributed by atoms with E-state index in [9.17, 15) is 4.79 Å². The molecule has 0 aromatic heterocycles. The molecule has 0 unspecified atom stereocenters. The Balaban J connectivity index is 2.09. The second kappa shape index (κ2) is 5.70. The summed E-state index contributed by atoms with van der Waals surface area (Å²) in [5.41, 5.74) is 0. The summed E-state index contributed by atoms with van der Waals surface area (Å²) in [6, 6.07) is 0. The standard InChI is InChI=1S/C11H16O2/c1-2-3-7-10-11(13-10)8-5-4-6-9-12/h4-6,8-11H,2-3,7H2,1H3/t10-,11-/m0/s1. The van der Waals surface area contributed by atoms with Crippen LogP contribution in [0.3, 0.4) is 0 Å². The molecule has 2 nitrogen and oxygen atoms in total. The molecule has 0 saturated carbocycles. The first-order valence-corrected chi connectivity index (χ1v) is 4.82. The molecule has 2 atom stereocenters. The number of hydrogen-bond donors (Lipinski definition) is 0. The monoisotopic (exact) mass is 180 g/mol. The summed E-state index contributed by atoms with van der Waals surface area (Å²) < 4.78 is 5.39. The Bertz CT molecular complexity index is 206. The Morgan fingerprint density at radius 2 is 2.15 bits per heavy atom. The molecule has 1 aliphatic heterocycles.